The van der Waals surface area contributed by atoms with Crippen molar-refractivity contribution in [2.24, 2.45) is 0 Å². The number of anilines is 2. The first-order valence-electron chi connectivity index (χ1n) is 12.8. The van der Waals surface area contributed by atoms with Gasteiger partial charge in [0.15, 0.2) is 13.4 Å². The smallest absolute Gasteiger partial charge is 0.265 e. The van der Waals surface area contributed by atoms with Gasteiger partial charge in [-0.2, -0.15) is 0 Å². The van der Waals surface area contributed by atoms with E-state index in [0.717, 1.165) is 10.9 Å². The number of hydrogen-bond donors (Lipinski definition) is 0. The predicted molar refractivity (Wildman–Crippen MR) is 153 cm³/mol. The Morgan fingerprint density at radius 1 is 0.421 bits per heavy atom. The zero-order valence-electron chi connectivity index (χ0n) is 21.6. The highest BCUT2D eigenvalue weighted by Crippen LogP contribution is 2.39. The van der Waals surface area contributed by atoms with Crippen LogP contribution in [-0.2, 0) is 0 Å². The van der Waals surface area contributed by atoms with Gasteiger partial charge in [0, 0.05) is 33.0 Å². The third kappa shape index (κ3) is 3.36. The topological polar surface area (TPSA) is 74.8 Å². The summed E-state index contributed by atoms with van der Waals surface area (Å²) in [6.07, 6.45) is 0. The Morgan fingerprint density at radius 2 is 0.684 bits per heavy atom. The highest BCUT2D eigenvalue weighted by molar-refractivity contribution is 6.71. The Kier molecular flexibility index (Phi) is 5.38. The van der Waals surface area contributed by atoms with E-state index in [9.17, 15) is 19.2 Å². The van der Waals surface area contributed by atoms with Gasteiger partial charge in [0.05, 0.1) is 11.4 Å². The lowest BCUT2D eigenvalue weighted by atomic mass is 9.49. The van der Waals surface area contributed by atoms with Crippen LogP contribution in [0.15, 0.2) is 72.8 Å². The second-order valence-corrected chi connectivity index (χ2v) is 10.5. The quantitative estimate of drug-likeness (QED) is 0.310. The molecule has 2 aliphatic rings. The minimum absolute atomic E-state index is 0.295. The third-order valence-electron chi connectivity index (χ3n) is 7.53. The van der Waals surface area contributed by atoms with Gasteiger partial charge in [-0.15, -0.1) is 0 Å². The fourth-order valence-electron chi connectivity index (χ4n) is 5.36. The second-order valence-electron chi connectivity index (χ2n) is 10.5. The van der Waals surface area contributed by atoms with Gasteiger partial charge < -0.3 is 0 Å². The largest absolute Gasteiger partial charge is 0.268 e. The fourth-order valence-corrected chi connectivity index (χ4v) is 5.36. The molecule has 6 rings (SSSR count). The van der Waals surface area contributed by atoms with Crippen LogP contribution in [0.25, 0.3) is 10.8 Å². The molecular weight excluding hydrogens is 474 g/mol. The van der Waals surface area contributed by atoms with Gasteiger partial charge in [-0.25, -0.2) is 9.80 Å². The van der Waals surface area contributed by atoms with Crippen LogP contribution in [-0.4, -0.2) is 37.1 Å². The second kappa shape index (κ2) is 8.55. The number of benzene rings is 4. The maximum Gasteiger partial charge on any atom is 0.265 e. The van der Waals surface area contributed by atoms with Crippen LogP contribution in [0.5, 0.6) is 0 Å². The molecule has 8 heteroatoms. The molecule has 6 nitrogen and oxygen atoms in total. The summed E-state index contributed by atoms with van der Waals surface area (Å²) in [5.74, 6) is -1.91. The summed E-state index contributed by atoms with van der Waals surface area (Å²) in [6, 6.07) is 21.1. The zero-order valence-corrected chi connectivity index (χ0v) is 21.6. The van der Waals surface area contributed by atoms with Crippen LogP contribution in [0.4, 0.5) is 11.4 Å². The molecule has 2 aliphatic heterocycles. The molecule has 0 bridgehead atoms. The first-order chi connectivity index (χ1) is 18.2. The van der Waals surface area contributed by atoms with Crippen LogP contribution in [0.3, 0.4) is 0 Å². The van der Waals surface area contributed by atoms with Gasteiger partial charge in [-0.1, -0.05) is 62.5 Å². The lowest BCUT2D eigenvalue weighted by Gasteiger charge is -2.32. The molecule has 0 aromatic heterocycles. The molecule has 0 saturated carbocycles. The van der Waals surface area contributed by atoms with Crippen LogP contribution < -0.4 is 20.7 Å². The molecular formula is C30H24B2N2O4. The van der Waals surface area contributed by atoms with Crippen molar-refractivity contribution in [2.45, 2.75) is 27.3 Å². The Morgan fingerprint density at radius 3 is 0.921 bits per heavy atom. The van der Waals surface area contributed by atoms with Crippen molar-refractivity contribution >= 4 is 70.1 Å². The normalized spacial score (nSPS) is 14.4. The van der Waals surface area contributed by atoms with Crippen molar-refractivity contribution in [1.29, 1.82) is 0 Å². The summed E-state index contributed by atoms with van der Waals surface area (Å²) in [5.41, 5.74) is 4.34. The van der Waals surface area contributed by atoms with Crippen molar-refractivity contribution in [3.05, 3.63) is 95.1 Å². The van der Waals surface area contributed by atoms with Gasteiger partial charge in [-0.3, -0.25) is 19.2 Å². The van der Waals surface area contributed by atoms with E-state index in [4.69, 9.17) is 0 Å². The SMILES string of the molecule is CB(C)c1ccc(N2C(=O)c3ccc4c5c(ccc(c35)C2=O)C(=O)N(c2ccc(B(C)C)cc2)C4=O)cc1. The van der Waals surface area contributed by atoms with Crippen molar-refractivity contribution in [2.75, 3.05) is 9.80 Å². The minimum Gasteiger partial charge on any atom is -0.268 e. The summed E-state index contributed by atoms with van der Waals surface area (Å²) in [6.45, 7) is 8.94. The molecule has 0 atom stereocenters. The van der Waals surface area contributed by atoms with Gasteiger partial charge >= 0.3 is 0 Å². The van der Waals surface area contributed by atoms with Gasteiger partial charge in [-0.05, 0) is 48.5 Å². The summed E-state index contributed by atoms with van der Waals surface area (Å²) < 4.78 is 0. The molecule has 0 spiro atoms. The number of rotatable bonds is 4. The number of hydrogen-bond acceptors (Lipinski definition) is 4. The number of nitrogens with zero attached hydrogens (tertiary/aromatic N) is 2. The maximum atomic E-state index is 13.6. The Labute approximate surface area is 221 Å². The first-order valence-corrected chi connectivity index (χ1v) is 12.8. The summed E-state index contributed by atoms with van der Waals surface area (Å²) in [4.78, 5) is 56.8. The molecule has 4 amide bonds. The average Bonchev–Trinajstić information content (AvgIpc) is 2.91. The van der Waals surface area contributed by atoms with Crippen LogP contribution in [0, 0.1) is 0 Å². The van der Waals surface area contributed by atoms with E-state index in [1.807, 2.05) is 24.3 Å². The third-order valence-corrected chi connectivity index (χ3v) is 7.53. The van der Waals surface area contributed by atoms with Crippen LogP contribution in [0.1, 0.15) is 41.4 Å². The van der Waals surface area contributed by atoms with Crippen molar-refractivity contribution in [1.82, 2.24) is 0 Å². The van der Waals surface area contributed by atoms with Gasteiger partial charge in [0.1, 0.15) is 0 Å². The molecule has 0 fully saturated rings. The van der Waals surface area contributed by atoms with E-state index < -0.39 is 23.6 Å². The summed E-state index contributed by atoms with van der Waals surface area (Å²) in [5, 5.41) is 0.725. The zero-order chi connectivity index (χ0) is 26.9. The monoisotopic (exact) mass is 498 g/mol. The van der Waals surface area contributed by atoms with Crippen molar-refractivity contribution < 1.29 is 19.2 Å². The maximum absolute atomic E-state index is 13.6. The molecule has 0 unspecified atom stereocenters. The van der Waals surface area contributed by atoms with Gasteiger partial charge in [0.2, 0.25) is 0 Å². The van der Waals surface area contributed by atoms with E-state index >= 15 is 0 Å². The molecule has 0 N–H and O–H groups in total. The Bertz CT molecular complexity index is 1500. The molecule has 2 heterocycles. The van der Waals surface area contributed by atoms with E-state index in [-0.39, 0.29) is 0 Å². The standard InChI is InChI=1S/C30H24B2N2O4/c1-31(2)17-5-9-19(10-6-17)33-27(35)21-13-15-23-26-24(16-14-22(25(21)26)28(33)36)30(38)34(29(23)37)20-11-7-18(8-12-20)32(3)4/h5-16H,1-4H3. The molecule has 38 heavy (non-hydrogen) atoms. The van der Waals surface area contributed by atoms with Crippen molar-refractivity contribution in [3.63, 3.8) is 0 Å². The minimum atomic E-state index is -0.477. The van der Waals surface area contributed by atoms with E-state index in [1.54, 1.807) is 48.5 Å². The summed E-state index contributed by atoms with van der Waals surface area (Å²) >= 11 is 0. The van der Waals surface area contributed by atoms with Crippen molar-refractivity contribution in [3.8, 4) is 0 Å². The van der Waals surface area contributed by atoms with Crippen LogP contribution in [0.2, 0.25) is 27.3 Å². The predicted octanol–water partition coefficient (Wildman–Crippen LogP) is 4.36. The van der Waals surface area contributed by atoms with Crippen LogP contribution >= 0.6 is 0 Å². The lowest BCUT2D eigenvalue weighted by molar-refractivity contribution is 0.0873. The molecule has 184 valence electrons. The highest BCUT2D eigenvalue weighted by Gasteiger charge is 2.40. The molecule has 0 radical (unpaired) electrons. The average molecular weight is 498 g/mol. The van der Waals surface area contributed by atoms with Gasteiger partial charge in [0.25, 0.3) is 23.6 Å². The van der Waals surface area contributed by atoms with E-state index in [0.29, 0.717) is 57.8 Å². The number of carbonyl (C=O) groups excluding carboxylic acids is 4. The van der Waals surface area contributed by atoms with E-state index in [1.165, 1.54) is 9.80 Å². The first kappa shape index (κ1) is 23.9. The number of carbonyl (C=O) groups is 4. The Balaban J connectivity index is 1.47. The molecule has 4 aromatic carbocycles. The fraction of sp³-hybridized carbons (Fsp3) is 0.133. The Hall–Kier alpha value is -4.45. The molecule has 0 aliphatic carbocycles. The lowest BCUT2D eigenvalue weighted by Crippen LogP contribution is -2.43. The highest BCUT2D eigenvalue weighted by atomic mass is 16.2. The number of amides is 4. The number of imide groups is 2. The summed E-state index contributed by atoms with van der Waals surface area (Å²) in [7, 11) is 0. The van der Waals surface area contributed by atoms with E-state index in [2.05, 4.69) is 27.3 Å². The molecule has 0 saturated heterocycles. The molecule has 4 aromatic rings.